The molecule has 1 fully saturated rings. The van der Waals surface area contributed by atoms with Gasteiger partial charge in [-0.3, -0.25) is 14.5 Å². The zero-order chi connectivity index (χ0) is 17.7. The van der Waals surface area contributed by atoms with Crippen LogP contribution in [-0.2, 0) is 9.59 Å². The molecule has 0 N–H and O–H groups in total. The van der Waals surface area contributed by atoms with Crippen molar-refractivity contribution in [3.63, 3.8) is 0 Å². The van der Waals surface area contributed by atoms with E-state index in [1.54, 1.807) is 24.3 Å². The minimum absolute atomic E-state index is 0.197. The maximum Gasteiger partial charge on any atom is 0.293 e. The first-order valence-corrected chi connectivity index (χ1v) is 8.04. The number of aliphatic carboxylic acids is 1. The standard InChI is InChI=1S/C16H17NO6S/c1-3-23-11-5-4-10(8-12(11)22-2)9-13-15(20)17(16(21)24-13)7-6-14(18)19/h4-5,8-9H,3,6-7H2,1-2H3,(H,18,19)/p-1/b13-9+. The van der Waals surface area contributed by atoms with Crippen molar-refractivity contribution in [1.29, 1.82) is 0 Å². The number of hydrogen-bond donors (Lipinski definition) is 0. The van der Waals surface area contributed by atoms with Crippen molar-refractivity contribution in [2.45, 2.75) is 13.3 Å². The molecular formula is C16H16NO6S-. The summed E-state index contributed by atoms with van der Waals surface area (Å²) >= 11 is 0.769. The van der Waals surface area contributed by atoms with Crippen LogP contribution in [0.25, 0.3) is 6.08 Å². The number of methoxy groups -OCH3 is 1. The number of thioether (sulfide) groups is 1. The molecule has 1 aromatic rings. The zero-order valence-corrected chi connectivity index (χ0v) is 14.1. The van der Waals surface area contributed by atoms with Gasteiger partial charge in [-0.1, -0.05) is 6.07 Å². The normalized spacial score (nSPS) is 15.9. The Morgan fingerprint density at radius 3 is 2.71 bits per heavy atom. The van der Waals surface area contributed by atoms with Gasteiger partial charge in [0.2, 0.25) is 0 Å². The predicted octanol–water partition coefficient (Wildman–Crippen LogP) is 1.27. The monoisotopic (exact) mass is 350 g/mol. The number of carboxylic acids is 1. The maximum atomic E-state index is 12.2. The number of carboxylic acid groups (broad SMARTS) is 1. The fourth-order valence-corrected chi connectivity index (χ4v) is 2.96. The van der Waals surface area contributed by atoms with Crippen LogP contribution in [0.2, 0.25) is 0 Å². The smallest absolute Gasteiger partial charge is 0.293 e. The third kappa shape index (κ3) is 4.08. The first-order chi connectivity index (χ1) is 11.5. The molecular weight excluding hydrogens is 334 g/mol. The van der Waals surface area contributed by atoms with Crippen molar-refractivity contribution in [2.24, 2.45) is 0 Å². The van der Waals surface area contributed by atoms with Gasteiger partial charge in [-0.25, -0.2) is 0 Å². The highest BCUT2D eigenvalue weighted by molar-refractivity contribution is 8.18. The van der Waals surface area contributed by atoms with E-state index in [0.29, 0.717) is 23.7 Å². The van der Waals surface area contributed by atoms with Crippen LogP contribution < -0.4 is 14.6 Å². The van der Waals surface area contributed by atoms with E-state index in [9.17, 15) is 19.5 Å². The fraction of sp³-hybridized carbons (Fsp3) is 0.312. The molecule has 2 rings (SSSR count). The van der Waals surface area contributed by atoms with Crippen LogP contribution in [0.15, 0.2) is 23.1 Å². The molecule has 1 heterocycles. The van der Waals surface area contributed by atoms with Gasteiger partial charge in [0.05, 0.1) is 18.6 Å². The number of imide groups is 1. The molecule has 2 amide bonds. The van der Waals surface area contributed by atoms with Gasteiger partial charge in [-0.05, 0) is 42.5 Å². The Kier molecular flexibility index (Phi) is 5.86. The van der Waals surface area contributed by atoms with E-state index in [0.717, 1.165) is 16.7 Å². The third-order valence-electron chi connectivity index (χ3n) is 3.20. The Morgan fingerprint density at radius 2 is 2.08 bits per heavy atom. The Hall–Kier alpha value is -2.48. The summed E-state index contributed by atoms with van der Waals surface area (Å²) in [4.78, 5) is 35.7. The highest BCUT2D eigenvalue weighted by Gasteiger charge is 2.34. The highest BCUT2D eigenvalue weighted by Crippen LogP contribution is 2.34. The number of rotatable bonds is 7. The molecule has 0 spiro atoms. The summed E-state index contributed by atoms with van der Waals surface area (Å²) in [7, 11) is 1.51. The number of amides is 2. The molecule has 0 aliphatic carbocycles. The summed E-state index contributed by atoms with van der Waals surface area (Å²) < 4.78 is 10.7. The molecule has 1 aliphatic rings. The van der Waals surface area contributed by atoms with Crippen molar-refractivity contribution in [3.05, 3.63) is 28.7 Å². The molecule has 0 aromatic heterocycles. The lowest BCUT2D eigenvalue weighted by Gasteiger charge is -2.12. The van der Waals surface area contributed by atoms with E-state index in [1.165, 1.54) is 7.11 Å². The van der Waals surface area contributed by atoms with Crippen LogP contribution in [0.3, 0.4) is 0 Å². The highest BCUT2D eigenvalue weighted by atomic mass is 32.2. The summed E-state index contributed by atoms with van der Waals surface area (Å²) in [5.74, 6) is -0.727. The largest absolute Gasteiger partial charge is 0.550 e. The van der Waals surface area contributed by atoms with E-state index < -0.39 is 17.1 Å². The summed E-state index contributed by atoms with van der Waals surface area (Å²) in [5.41, 5.74) is 0.667. The van der Waals surface area contributed by atoms with Gasteiger partial charge in [0.25, 0.3) is 11.1 Å². The molecule has 0 bridgehead atoms. The summed E-state index contributed by atoms with van der Waals surface area (Å²) in [6.45, 7) is 2.15. The van der Waals surface area contributed by atoms with E-state index in [2.05, 4.69) is 0 Å². The van der Waals surface area contributed by atoms with E-state index in [1.807, 2.05) is 6.92 Å². The van der Waals surface area contributed by atoms with Crippen molar-refractivity contribution >= 4 is 35.0 Å². The summed E-state index contributed by atoms with van der Waals surface area (Å²) in [5, 5.41) is 10.00. The lowest BCUT2D eigenvalue weighted by atomic mass is 10.2. The van der Waals surface area contributed by atoms with Gasteiger partial charge < -0.3 is 19.4 Å². The zero-order valence-electron chi connectivity index (χ0n) is 13.2. The van der Waals surface area contributed by atoms with Crippen LogP contribution >= 0.6 is 11.8 Å². The van der Waals surface area contributed by atoms with Gasteiger partial charge in [0, 0.05) is 18.9 Å². The van der Waals surface area contributed by atoms with Crippen LogP contribution in [-0.4, -0.2) is 42.3 Å². The quantitative estimate of drug-likeness (QED) is 0.683. The molecule has 0 saturated carbocycles. The fourth-order valence-electron chi connectivity index (χ4n) is 2.10. The molecule has 1 saturated heterocycles. The predicted molar refractivity (Wildman–Crippen MR) is 86.5 cm³/mol. The Bertz CT molecular complexity index is 700. The number of carbonyl (C=O) groups excluding carboxylic acids is 3. The molecule has 8 heteroatoms. The number of ether oxygens (including phenoxy) is 2. The first kappa shape index (κ1) is 17.9. The first-order valence-electron chi connectivity index (χ1n) is 7.22. The minimum Gasteiger partial charge on any atom is -0.550 e. The molecule has 1 aliphatic heterocycles. The molecule has 1 aromatic carbocycles. The van der Waals surface area contributed by atoms with Crippen LogP contribution in [0.4, 0.5) is 4.79 Å². The van der Waals surface area contributed by atoms with Gasteiger partial charge in [-0.15, -0.1) is 0 Å². The van der Waals surface area contributed by atoms with E-state index in [-0.39, 0.29) is 17.9 Å². The molecule has 128 valence electrons. The second-order valence-electron chi connectivity index (χ2n) is 4.80. The minimum atomic E-state index is -1.31. The molecule has 7 nitrogen and oxygen atoms in total. The van der Waals surface area contributed by atoms with Gasteiger partial charge in [0.1, 0.15) is 0 Å². The topological polar surface area (TPSA) is 96.0 Å². The number of hydrogen-bond acceptors (Lipinski definition) is 7. The molecule has 0 unspecified atom stereocenters. The lowest BCUT2D eigenvalue weighted by Crippen LogP contribution is -2.33. The average Bonchev–Trinajstić information content (AvgIpc) is 2.80. The van der Waals surface area contributed by atoms with Gasteiger partial charge in [-0.2, -0.15) is 0 Å². The SMILES string of the molecule is CCOc1ccc(/C=C2/SC(=O)N(CCC(=O)[O-])C2=O)cc1OC. The average molecular weight is 350 g/mol. The van der Waals surface area contributed by atoms with Crippen LogP contribution in [0.1, 0.15) is 18.9 Å². The Balaban J connectivity index is 2.20. The Labute approximate surface area is 143 Å². The molecule has 0 radical (unpaired) electrons. The van der Waals surface area contributed by atoms with Gasteiger partial charge >= 0.3 is 0 Å². The summed E-state index contributed by atoms with van der Waals surface area (Å²) in [6.07, 6.45) is 1.17. The number of nitrogens with zero attached hydrogens (tertiary/aromatic N) is 1. The Morgan fingerprint density at radius 1 is 1.33 bits per heavy atom. The van der Waals surface area contributed by atoms with Crippen molar-refractivity contribution in [2.75, 3.05) is 20.3 Å². The molecule has 24 heavy (non-hydrogen) atoms. The van der Waals surface area contributed by atoms with Crippen LogP contribution in [0.5, 0.6) is 11.5 Å². The van der Waals surface area contributed by atoms with E-state index in [4.69, 9.17) is 9.47 Å². The second-order valence-corrected chi connectivity index (χ2v) is 5.79. The van der Waals surface area contributed by atoms with Crippen molar-refractivity contribution in [3.8, 4) is 11.5 Å². The maximum absolute atomic E-state index is 12.2. The summed E-state index contributed by atoms with van der Waals surface area (Å²) in [6, 6.07) is 5.15. The van der Waals surface area contributed by atoms with Gasteiger partial charge in [0.15, 0.2) is 11.5 Å². The second kappa shape index (κ2) is 7.87. The number of carbonyl (C=O) groups is 3. The lowest BCUT2D eigenvalue weighted by molar-refractivity contribution is -0.305. The van der Waals surface area contributed by atoms with E-state index >= 15 is 0 Å². The third-order valence-corrected chi connectivity index (χ3v) is 4.11. The number of benzene rings is 1. The van der Waals surface area contributed by atoms with Crippen molar-refractivity contribution in [1.82, 2.24) is 4.90 Å². The molecule has 0 atom stereocenters. The van der Waals surface area contributed by atoms with Crippen molar-refractivity contribution < 1.29 is 29.0 Å². The van der Waals surface area contributed by atoms with Crippen LogP contribution in [0, 0.1) is 0 Å².